The van der Waals surface area contributed by atoms with E-state index in [1.165, 1.54) is 18.2 Å². The van der Waals surface area contributed by atoms with Crippen LogP contribution in [0.5, 0.6) is 5.75 Å². The van der Waals surface area contributed by atoms with Gasteiger partial charge >= 0.3 is 11.9 Å². The molecule has 0 saturated heterocycles. The smallest absolute Gasteiger partial charge is 0.335 e. The first-order chi connectivity index (χ1) is 7.50. The molecule has 1 aromatic carbocycles. The van der Waals surface area contributed by atoms with Crippen LogP contribution < -0.4 is 5.32 Å². The number of hydrogen-bond acceptors (Lipinski definition) is 4. The molecule has 0 aliphatic carbocycles. The summed E-state index contributed by atoms with van der Waals surface area (Å²) in [5.41, 5.74) is 0.395. The highest BCUT2D eigenvalue weighted by Crippen LogP contribution is 2.18. The number of aliphatic carboxylic acids is 1. The Morgan fingerprint density at radius 1 is 1.25 bits per heavy atom. The van der Waals surface area contributed by atoms with Gasteiger partial charge in [-0.1, -0.05) is 0 Å². The Bertz CT molecular complexity index is 416. The molecule has 1 rings (SSSR count). The second-order valence-corrected chi connectivity index (χ2v) is 3.15. The van der Waals surface area contributed by atoms with Gasteiger partial charge in [0.15, 0.2) is 0 Å². The van der Waals surface area contributed by atoms with E-state index in [4.69, 9.17) is 10.2 Å². The van der Waals surface area contributed by atoms with Crippen molar-refractivity contribution in [1.82, 2.24) is 5.32 Å². The molecule has 86 valence electrons. The highest BCUT2D eigenvalue weighted by Gasteiger charge is 2.07. The van der Waals surface area contributed by atoms with E-state index in [1.54, 1.807) is 0 Å². The largest absolute Gasteiger partial charge is 0.508 e. The van der Waals surface area contributed by atoms with Crippen LogP contribution in [0, 0.1) is 0 Å². The average Bonchev–Trinajstić information content (AvgIpc) is 2.20. The summed E-state index contributed by atoms with van der Waals surface area (Å²) in [6.07, 6.45) is 0. The fraction of sp³-hybridized carbons (Fsp3) is 0.200. The van der Waals surface area contributed by atoms with Crippen molar-refractivity contribution in [3.8, 4) is 5.75 Å². The van der Waals surface area contributed by atoms with Crippen molar-refractivity contribution in [2.45, 2.75) is 6.54 Å². The van der Waals surface area contributed by atoms with Crippen LogP contribution in [0.4, 0.5) is 0 Å². The van der Waals surface area contributed by atoms with Crippen molar-refractivity contribution in [3.63, 3.8) is 0 Å². The molecule has 0 heterocycles. The number of carboxylic acid groups (broad SMARTS) is 2. The summed E-state index contributed by atoms with van der Waals surface area (Å²) in [5, 5.41) is 29.1. The molecule has 4 N–H and O–H groups in total. The van der Waals surface area contributed by atoms with E-state index in [0.717, 1.165) is 0 Å². The minimum absolute atomic E-state index is 0.0462. The zero-order chi connectivity index (χ0) is 12.1. The van der Waals surface area contributed by atoms with E-state index in [-0.39, 0.29) is 24.4 Å². The third-order valence-corrected chi connectivity index (χ3v) is 1.92. The summed E-state index contributed by atoms with van der Waals surface area (Å²) in [5.74, 6) is -2.18. The zero-order valence-corrected chi connectivity index (χ0v) is 8.30. The first kappa shape index (κ1) is 12.0. The standard InChI is InChI=1S/C10H11NO5/c12-8-2-1-6(10(15)16)3-7(8)4-11-5-9(13)14/h1-3,11-12H,4-5H2,(H,13,14)(H,15,16). The number of aromatic carboxylic acids is 1. The van der Waals surface area contributed by atoms with Crippen molar-refractivity contribution in [3.05, 3.63) is 29.3 Å². The van der Waals surface area contributed by atoms with Gasteiger partial charge in [-0.25, -0.2) is 4.79 Å². The molecular weight excluding hydrogens is 214 g/mol. The first-order valence-electron chi connectivity index (χ1n) is 4.48. The van der Waals surface area contributed by atoms with Gasteiger partial charge in [0, 0.05) is 12.1 Å². The fourth-order valence-electron chi connectivity index (χ4n) is 1.16. The van der Waals surface area contributed by atoms with Crippen molar-refractivity contribution in [2.75, 3.05) is 6.54 Å². The summed E-state index contributed by atoms with van der Waals surface area (Å²) in [6.45, 7) is -0.157. The maximum absolute atomic E-state index is 10.7. The molecule has 0 atom stereocenters. The number of phenolic OH excluding ortho intramolecular Hbond substituents is 1. The number of hydrogen-bond donors (Lipinski definition) is 4. The lowest BCUT2D eigenvalue weighted by Crippen LogP contribution is -2.22. The van der Waals surface area contributed by atoms with Crippen LogP contribution in [0.1, 0.15) is 15.9 Å². The van der Waals surface area contributed by atoms with Crippen LogP contribution in [-0.4, -0.2) is 33.8 Å². The lowest BCUT2D eigenvalue weighted by atomic mass is 10.1. The van der Waals surface area contributed by atoms with Gasteiger partial charge < -0.3 is 20.6 Å². The van der Waals surface area contributed by atoms with Gasteiger partial charge in [-0.3, -0.25) is 4.79 Å². The molecule has 0 unspecified atom stereocenters. The highest BCUT2D eigenvalue weighted by molar-refractivity contribution is 5.88. The number of aromatic hydroxyl groups is 1. The summed E-state index contributed by atoms with van der Waals surface area (Å²) < 4.78 is 0. The quantitative estimate of drug-likeness (QED) is 0.572. The Balaban J connectivity index is 2.74. The number of phenols is 1. The summed E-state index contributed by atoms with van der Waals surface area (Å²) in [6, 6.07) is 3.84. The fourth-order valence-corrected chi connectivity index (χ4v) is 1.16. The van der Waals surface area contributed by atoms with Crippen LogP contribution in [0.2, 0.25) is 0 Å². The summed E-state index contributed by atoms with van der Waals surface area (Å²) >= 11 is 0. The minimum atomic E-state index is -1.10. The molecule has 0 saturated carbocycles. The Morgan fingerprint density at radius 3 is 2.50 bits per heavy atom. The predicted molar refractivity (Wildman–Crippen MR) is 54.4 cm³/mol. The maximum atomic E-state index is 10.7. The highest BCUT2D eigenvalue weighted by atomic mass is 16.4. The first-order valence-corrected chi connectivity index (χ1v) is 4.48. The van der Waals surface area contributed by atoms with E-state index >= 15 is 0 Å². The molecule has 0 aliphatic heterocycles. The van der Waals surface area contributed by atoms with Crippen LogP contribution >= 0.6 is 0 Å². The molecule has 0 bridgehead atoms. The molecule has 0 aliphatic rings. The van der Waals surface area contributed by atoms with Crippen LogP contribution in [0.3, 0.4) is 0 Å². The van der Waals surface area contributed by atoms with E-state index in [1.807, 2.05) is 0 Å². The van der Waals surface area contributed by atoms with Crippen molar-refractivity contribution >= 4 is 11.9 Å². The van der Waals surface area contributed by atoms with Gasteiger partial charge in [0.2, 0.25) is 0 Å². The Labute approximate surface area is 91.1 Å². The summed E-state index contributed by atoms with van der Waals surface area (Å²) in [7, 11) is 0. The summed E-state index contributed by atoms with van der Waals surface area (Å²) in [4.78, 5) is 20.9. The lowest BCUT2D eigenvalue weighted by molar-refractivity contribution is -0.136. The Morgan fingerprint density at radius 2 is 1.94 bits per heavy atom. The number of carboxylic acids is 2. The Hall–Kier alpha value is -2.08. The molecule has 0 aromatic heterocycles. The molecule has 0 radical (unpaired) electrons. The average molecular weight is 225 g/mol. The monoisotopic (exact) mass is 225 g/mol. The molecule has 16 heavy (non-hydrogen) atoms. The second kappa shape index (κ2) is 5.13. The van der Waals surface area contributed by atoms with Crippen LogP contribution in [0.25, 0.3) is 0 Å². The topological polar surface area (TPSA) is 107 Å². The third kappa shape index (κ3) is 3.25. The molecular formula is C10H11NO5. The number of rotatable bonds is 5. The SMILES string of the molecule is O=C(O)CNCc1cc(C(=O)O)ccc1O. The van der Waals surface area contributed by atoms with Crippen molar-refractivity contribution in [2.24, 2.45) is 0 Å². The van der Waals surface area contributed by atoms with Gasteiger partial charge in [-0.15, -0.1) is 0 Å². The van der Waals surface area contributed by atoms with Gasteiger partial charge in [0.05, 0.1) is 12.1 Å². The van der Waals surface area contributed by atoms with Crippen molar-refractivity contribution in [1.29, 1.82) is 0 Å². The molecule has 6 nitrogen and oxygen atoms in total. The van der Waals surface area contributed by atoms with Crippen LogP contribution in [-0.2, 0) is 11.3 Å². The van der Waals surface area contributed by atoms with Crippen molar-refractivity contribution < 1.29 is 24.9 Å². The van der Waals surface area contributed by atoms with E-state index < -0.39 is 11.9 Å². The molecule has 0 fully saturated rings. The molecule has 0 spiro atoms. The van der Waals surface area contributed by atoms with E-state index in [0.29, 0.717) is 5.56 Å². The zero-order valence-electron chi connectivity index (χ0n) is 8.30. The van der Waals surface area contributed by atoms with Crippen LogP contribution in [0.15, 0.2) is 18.2 Å². The van der Waals surface area contributed by atoms with Gasteiger partial charge in [0.25, 0.3) is 0 Å². The van der Waals surface area contributed by atoms with Gasteiger partial charge in [-0.2, -0.15) is 0 Å². The number of carbonyl (C=O) groups is 2. The predicted octanol–water partition coefficient (Wildman–Crippen LogP) is 0.265. The third-order valence-electron chi connectivity index (χ3n) is 1.92. The molecule has 0 amide bonds. The normalized spacial score (nSPS) is 10.0. The van der Waals surface area contributed by atoms with E-state index in [2.05, 4.69) is 5.32 Å². The molecule has 1 aromatic rings. The number of nitrogens with one attached hydrogen (secondary N) is 1. The van der Waals surface area contributed by atoms with E-state index in [9.17, 15) is 14.7 Å². The Kier molecular flexibility index (Phi) is 3.84. The van der Waals surface area contributed by atoms with Gasteiger partial charge in [0.1, 0.15) is 5.75 Å². The minimum Gasteiger partial charge on any atom is -0.508 e. The second-order valence-electron chi connectivity index (χ2n) is 3.15. The molecule has 6 heteroatoms. The lowest BCUT2D eigenvalue weighted by Gasteiger charge is -2.06. The number of benzene rings is 1. The van der Waals surface area contributed by atoms with Gasteiger partial charge in [-0.05, 0) is 18.2 Å². The maximum Gasteiger partial charge on any atom is 0.335 e.